The third-order valence-corrected chi connectivity index (χ3v) is 4.64. The van der Waals surface area contributed by atoms with E-state index in [0.717, 1.165) is 36.2 Å². The van der Waals surface area contributed by atoms with Gasteiger partial charge in [-0.2, -0.15) is 5.10 Å². The molecule has 0 aliphatic heterocycles. The van der Waals surface area contributed by atoms with E-state index in [-0.39, 0.29) is 24.0 Å². The van der Waals surface area contributed by atoms with Gasteiger partial charge in [0, 0.05) is 37.3 Å². The molecule has 1 atom stereocenters. The van der Waals surface area contributed by atoms with Crippen LogP contribution in [0.1, 0.15) is 42.3 Å². The minimum absolute atomic E-state index is 0. The van der Waals surface area contributed by atoms with Gasteiger partial charge < -0.3 is 15.4 Å². The molecule has 0 radical (unpaired) electrons. The van der Waals surface area contributed by atoms with Crippen LogP contribution in [0.4, 0.5) is 0 Å². The molecule has 0 aliphatic rings. The molecule has 0 saturated carbocycles. The number of hydrogen-bond donors (Lipinski definition) is 2. The highest BCUT2D eigenvalue weighted by Crippen LogP contribution is 2.25. The maximum absolute atomic E-state index is 5.47. The Kier molecular flexibility index (Phi) is 9.62. The molecule has 27 heavy (non-hydrogen) atoms. The van der Waals surface area contributed by atoms with E-state index in [9.17, 15) is 0 Å². The van der Waals surface area contributed by atoms with E-state index >= 15 is 0 Å². The normalized spacial score (nSPS) is 12.3. The van der Waals surface area contributed by atoms with Gasteiger partial charge >= 0.3 is 0 Å². The van der Waals surface area contributed by atoms with Crippen molar-refractivity contribution in [3.8, 4) is 5.75 Å². The standard InChI is InChI=1S/C20H31N5O.HI/c1-7-21-20(23-13-18-15(3)24-25(5)16(18)4)22-12-14(2)17-10-8-9-11-19(17)26-6;/h8-11,14H,7,12-13H2,1-6H3,(H2,21,22,23);1H. The highest BCUT2D eigenvalue weighted by atomic mass is 127. The lowest BCUT2D eigenvalue weighted by Gasteiger charge is -2.18. The van der Waals surface area contributed by atoms with Crippen LogP contribution >= 0.6 is 24.0 Å². The lowest BCUT2D eigenvalue weighted by atomic mass is 10.0. The molecule has 2 rings (SSSR count). The molecule has 0 aliphatic carbocycles. The molecule has 0 fully saturated rings. The first-order valence-corrected chi connectivity index (χ1v) is 9.12. The number of nitrogens with one attached hydrogen (secondary N) is 2. The van der Waals surface area contributed by atoms with Gasteiger partial charge in [-0.05, 0) is 32.4 Å². The third kappa shape index (κ3) is 6.12. The first-order valence-electron chi connectivity index (χ1n) is 9.12. The Labute approximate surface area is 179 Å². The van der Waals surface area contributed by atoms with Gasteiger partial charge in [0.05, 0.1) is 19.3 Å². The summed E-state index contributed by atoms with van der Waals surface area (Å²) >= 11 is 0. The van der Waals surface area contributed by atoms with Gasteiger partial charge in [-0.1, -0.05) is 25.1 Å². The molecule has 0 saturated heterocycles. The summed E-state index contributed by atoms with van der Waals surface area (Å²) in [4.78, 5) is 4.74. The number of halogens is 1. The van der Waals surface area contributed by atoms with Gasteiger partial charge in [0.25, 0.3) is 0 Å². The Morgan fingerprint density at radius 3 is 2.56 bits per heavy atom. The second-order valence-electron chi connectivity index (χ2n) is 6.49. The summed E-state index contributed by atoms with van der Waals surface area (Å²) in [7, 11) is 3.68. The fourth-order valence-corrected chi connectivity index (χ4v) is 2.98. The monoisotopic (exact) mass is 485 g/mol. The van der Waals surface area contributed by atoms with Crippen LogP contribution in [0.2, 0.25) is 0 Å². The van der Waals surface area contributed by atoms with Gasteiger partial charge in [0.1, 0.15) is 5.75 Å². The zero-order valence-electron chi connectivity index (χ0n) is 17.2. The number of aromatic nitrogens is 2. The van der Waals surface area contributed by atoms with Crippen LogP contribution in [0.25, 0.3) is 0 Å². The topological polar surface area (TPSA) is 63.5 Å². The second kappa shape index (κ2) is 11.2. The van der Waals surface area contributed by atoms with Gasteiger partial charge in [-0.15, -0.1) is 24.0 Å². The van der Waals surface area contributed by atoms with Crippen molar-refractivity contribution in [1.29, 1.82) is 0 Å². The first kappa shape index (κ1) is 23.3. The third-order valence-electron chi connectivity index (χ3n) is 4.64. The predicted molar refractivity (Wildman–Crippen MR) is 122 cm³/mol. The highest BCUT2D eigenvalue weighted by Gasteiger charge is 2.12. The molecule has 7 heteroatoms. The van der Waals surface area contributed by atoms with Crippen molar-refractivity contribution in [3.05, 3.63) is 46.8 Å². The largest absolute Gasteiger partial charge is 0.496 e. The number of methoxy groups -OCH3 is 1. The molecule has 0 spiro atoms. The SMILES string of the molecule is CCNC(=NCc1c(C)nn(C)c1C)NCC(C)c1ccccc1OC.I. The van der Waals surface area contributed by atoms with Gasteiger partial charge in [0.2, 0.25) is 0 Å². The molecule has 0 bridgehead atoms. The van der Waals surface area contributed by atoms with Crippen LogP contribution in [0.3, 0.4) is 0 Å². The van der Waals surface area contributed by atoms with E-state index in [1.165, 1.54) is 11.1 Å². The van der Waals surface area contributed by atoms with Crippen LogP contribution in [0, 0.1) is 13.8 Å². The minimum Gasteiger partial charge on any atom is -0.496 e. The number of guanidine groups is 1. The Morgan fingerprint density at radius 2 is 1.96 bits per heavy atom. The number of benzene rings is 1. The summed E-state index contributed by atoms with van der Waals surface area (Å²) in [6, 6.07) is 8.14. The molecule has 6 nitrogen and oxygen atoms in total. The Bertz CT molecular complexity index is 757. The van der Waals surface area contributed by atoms with Gasteiger partial charge in [0.15, 0.2) is 5.96 Å². The Morgan fingerprint density at radius 1 is 1.26 bits per heavy atom. The van der Waals surface area contributed by atoms with Crippen molar-refractivity contribution < 1.29 is 4.74 Å². The summed E-state index contributed by atoms with van der Waals surface area (Å²) in [6.45, 7) is 10.6. The van der Waals surface area contributed by atoms with Gasteiger partial charge in [-0.3, -0.25) is 4.68 Å². The molecule has 1 unspecified atom stereocenters. The summed E-state index contributed by atoms with van der Waals surface area (Å²) in [6.07, 6.45) is 0. The quantitative estimate of drug-likeness (QED) is 0.358. The maximum Gasteiger partial charge on any atom is 0.191 e. The number of hydrogen-bond acceptors (Lipinski definition) is 3. The summed E-state index contributed by atoms with van der Waals surface area (Å²) < 4.78 is 7.38. The lowest BCUT2D eigenvalue weighted by Crippen LogP contribution is -2.39. The first-order chi connectivity index (χ1) is 12.5. The Balaban J connectivity index is 0.00000364. The van der Waals surface area contributed by atoms with Crippen LogP contribution in [0.5, 0.6) is 5.75 Å². The minimum atomic E-state index is 0. The molecule has 0 amide bonds. The smallest absolute Gasteiger partial charge is 0.191 e. The van der Waals surface area contributed by atoms with E-state index in [1.807, 2.05) is 36.9 Å². The van der Waals surface area contributed by atoms with Crippen LogP contribution in [0.15, 0.2) is 29.3 Å². The number of rotatable bonds is 7. The van der Waals surface area contributed by atoms with E-state index in [0.29, 0.717) is 12.5 Å². The van der Waals surface area contributed by atoms with Crippen LogP contribution in [-0.4, -0.2) is 35.9 Å². The van der Waals surface area contributed by atoms with Crippen molar-refractivity contribution in [2.45, 2.75) is 40.2 Å². The maximum atomic E-state index is 5.47. The molecule has 2 N–H and O–H groups in total. The number of para-hydroxylation sites is 1. The second-order valence-corrected chi connectivity index (χ2v) is 6.49. The van der Waals surface area contributed by atoms with Crippen molar-refractivity contribution in [3.63, 3.8) is 0 Å². The fourth-order valence-electron chi connectivity index (χ4n) is 2.98. The van der Waals surface area contributed by atoms with E-state index in [2.05, 4.69) is 42.6 Å². The van der Waals surface area contributed by atoms with E-state index in [4.69, 9.17) is 9.73 Å². The zero-order chi connectivity index (χ0) is 19.1. The van der Waals surface area contributed by atoms with E-state index in [1.54, 1.807) is 7.11 Å². The lowest BCUT2D eigenvalue weighted by molar-refractivity contribution is 0.406. The number of ether oxygens (including phenoxy) is 1. The summed E-state index contributed by atoms with van der Waals surface area (Å²) in [5, 5.41) is 11.2. The zero-order valence-corrected chi connectivity index (χ0v) is 19.5. The molecule has 1 aromatic heterocycles. The van der Waals surface area contributed by atoms with E-state index < -0.39 is 0 Å². The molecule has 1 aromatic carbocycles. The van der Waals surface area contributed by atoms with Crippen molar-refractivity contribution >= 4 is 29.9 Å². The number of nitrogens with zero attached hydrogens (tertiary/aromatic N) is 3. The highest BCUT2D eigenvalue weighted by molar-refractivity contribution is 14.0. The summed E-state index contributed by atoms with van der Waals surface area (Å²) in [5.74, 6) is 2.04. The van der Waals surface area contributed by atoms with Crippen LogP contribution in [-0.2, 0) is 13.6 Å². The summed E-state index contributed by atoms with van der Waals surface area (Å²) in [5.41, 5.74) is 4.57. The van der Waals surface area contributed by atoms with Gasteiger partial charge in [-0.25, -0.2) is 4.99 Å². The van der Waals surface area contributed by atoms with Crippen molar-refractivity contribution in [1.82, 2.24) is 20.4 Å². The predicted octanol–water partition coefficient (Wildman–Crippen LogP) is 3.52. The average Bonchev–Trinajstić information content (AvgIpc) is 2.89. The van der Waals surface area contributed by atoms with Crippen molar-refractivity contribution in [2.75, 3.05) is 20.2 Å². The van der Waals surface area contributed by atoms with Crippen molar-refractivity contribution in [2.24, 2.45) is 12.0 Å². The molecular formula is C20H32IN5O. The number of aryl methyl sites for hydroxylation is 2. The molecule has 1 heterocycles. The number of aliphatic imine (C=N–C) groups is 1. The molecule has 150 valence electrons. The fraction of sp³-hybridized carbons (Fsp3) is 0.500. The molecular weight excluding hydrogens is 453 g/mol. The molecule has 2 aromatic rings. The Hall–Kier alpha value is -1.77. The average molecular weight is 485 g/mol. The van der Waals surface area contributed by atoms with Crippen LogP contribution < -0.4 is 15.4 Å².